The lowest BCUT2D eigenvalue weighted by atomic mass is 9.96. The molecule has 3 aromatic heterocycles. The molecule has 142 valence electrons. The smallest absolute Gasteiger partial charge is 0.228 e. The molecule has 28 heavy (non-hydrogen) atoms. The number of nitrogens with one attached hydrogen (secondary N) is 1. The number of rotatable bonds is 4. The fourth-order valence-corrected chi connectivity index (χ4v) is 3.38. The van der Waals surface area contributed by atoms with E-state index in [1.807, 2.05) is 43.3 Å². The highest BCUT2D eigenvalue weighted by molar-refractivity contribution is 5.92. The van der Waals surface area contributed by atoms with Crippen molar-refractivity contribution in [2.45, 2.75) is 19.8 Å². The van der Waals surface area contributed by atoms with E-state index in [-0.39, 0.29) is 11.8 Å². The first-order chi connectivity index (χ1) is 13.7. The Kier molecular flexibility index (Phi) is 5.23. The van der Waals surface area contributed by atoms with Gasteiger partial charge in [-0.15, -0.1) is 10.2 Å². The van der Waals surface area contributed by atoms with Gasteiger partial charge in [0.15, 0.2) is 5.82 Å². The van der Waals surface area contributed by atoms with Gasteiger partial charge in [0.1, 0.15) is 5.82 Å². The highest BCUT2D eigenvalue weighted by Gasteiger charge is 2.26. The van der Waals surface area contributed by atoms with Crippen molar-refractivity contribution >= 4 is 17.5 Å². The van der Waals surface area contributed by atoms with Gasteiger partial charge >= 0.3 is 0 Å². The Morgan fingerprint density at radius 3 is 2.50 bits per heavy atom. The number of carbonyl (C=O) groups excluding carboxylic acids is 1. The Morgan fingerprint density at radius 1 is 1.04 bits per heavy atom. The number of hydrogen-bond acceptors (Lipinski definition) is 6. The van der Waals surface area contributed by atoms with Gasteiger partial charge < -0.3 is 10.2 Å². The molecule has 0 radical (unpaired) electrons. The molecule has 1 aliphatic rings. The first-order valence-corrected chi connectivity index (χ1v) is 9.42. The second-order valence-electron chi connectivity index (χ2n) is 6.93. The number of hydrogen-bond donors (Lipinski definition) is 1. The van der Waals surface area contributed by atoms with E-state index in [2.05, 4.69) is 30.4 Å². The largest absolute Gasteiger partial charge is 0.355 e. The van der Waals surface area contributed by atoms with Crippen LogP contribution in [0.5, 0.6) is 0 Å². The molecule has 1 aliphatic heterocycles. The molecule has 1 amide bonds. The van der Waals surface area contributed by atoms with E-state index in [0.29, 0.717) is 5.82 Å². The van der Waals surface area contributed by atoms with Gasteiger partial charge in [0.2, 0.25) is 5.91 Å². The van der Waals surface area contributed by atoms with E-state index in [9.17, 15) is 4.79 Å². The summed E-state index contributed by atoms with van der Waals surface area (Å²) in [5.74, 6) is 1.52. The molecule has 1 N–H and O–H groups in total. The first kappa shape index (κ1) is 18.0. The second-order valence-corrected chi connectivity index (χ2v) is 6.93. The van der Waals surface area contributed by atoms with Gasteiger partial charge in [-0.05, 0) is 55.7 Å². The molecule has 1 saturated heterocycles. The van der Waals surface area contributed by atoms with Gasteiger partial charge in [-0.25, -0.2) is 4.98 Å². The first-order valence-electron chi connectivity index (χ1n) is 9.42. The molecule has 0 atom stereocenters. The van der Waals surface area contributed by atoms with Gasteiger partial charge in [-0.2, -0.15) is 0 Å². The van der Waals surface area contributed by atoms with Gasteiger partial charge in [-0.1, -0.05) is 6.07 Å². The second kappa shape index (κ2) is 8.12. The van der Waals surface area contributed by atoms with Crippen LogP contribution in [0.25, 0.3) is 11.3 Å². The lowest BCUT2D eigenvalue weighted by Crippen LogP contribution is -2.38. The summed E-state index contributed by atoms with van der Waals surface area (Å²) in [4.78, 5) is 23.0. The molecule has 0 saturated carbocycles. The molecule has 0 bridgehead atoms. The van der Waals surface area contributed by atoms with Crippen LogP contribution in [0, 0.1) is 12.8 Å². The minimum absolute atomic E-state index is 0.0123. The zero-order chi connectivity index (χ0) is 19.3. The van der Waals surface area contributed by atoms with Crippen molar-refractivity contribution in [1.29, 1.82) is 0 Å². The van der Waals surface area contributed by atoms with Crippen molar-refractivity contribution in [1.82, 2.24) is 20.2 Å². The van der Waals surface area contributed by atoms with Crippen LogP contribution in [0.1, 0.15) is 18.4 Å². The Morgan fingerprint density at radius 2 is 1.82 bits per heavy atom. The summed E-state index contributed by atoms with van der Waals surface area (Å²) in [6, 6.07) is 11.6. The van der Waals surface area contributed by atoms with Gasteiger partial charge in [0, 0.05) is 43.2 Å². The molecule has 4 heterocycles. The maximum absolute atomic E-state index is 12.6. The summed E-state index contributed by atoms with van der Waals surface area (Å²) in [6.07, 6.45) is 6.75. The predicted octanol–water partition coefficient (Wildman–Crippen LogP) is 3.10. The van der Waals surface area contributed by atoms with Crippen molar-refractivity contribution in [3.05, 3.63) is 60.6 Å². The van der Waals surface area contributed by atoms with Crippen molar-refractivity contribution in [2.24, 2.45) is 5.92 Å². The van der Waals surface area contributed by atoms with E-state index in [1.54, 1.807) is 18.6 Å². The molecule has 0 spiro atoms. The van der Waals surface area contributed by atoms with Gasteiger partial charge in [-0.3, -0.25) is 9.78 Å². The average Bonchev–Trinajstić information content (AvgIpc) is 2.76. The third kappa shape index (κ3) is 3.98. The normalized spacial score (nSPS) is 14.7. The molecule has 7 nitrogen and oxygen atoms in total. The third-order valence-electron chi connectivity index (χ3n) is 5.07. The van der Waals surface area contributed by atoms with Crippen molar-refractivity contribution < 1.29 is 4.79 Å². The maximum Gasteiger partial charge on any atom is 0.228 e. The lowest BCUT2D eigenvalue weighted by molar-refractivity contribution is -0.120. The molecular weight excluding hydrogens is 352 g/mol. The highest BCUT2D eigenvalue weighted by Crippen LogP contribution is 2.24. The van der Waals surface area contributed by atoms with Crippen molar-refractivity contribution in [2.75, 3.05) is 23.3 Å². The van der Waals surface area contributed by atoms with Crippen LogP contribution in [-0.2, 0) is 4.79 Å². The molecule has 7 heteroatoms. The molecule has 3 aromatic rings. The van der Waals surface area contributed by atoms with E-state index >= 15 is 0 Å². The summed E-state index contributed by atoms with van der Waals surface area (Å²) in [5, 5.41) is 11.7. The molecule has 0 aliphatic carbocycles. The number of carbonyl (C=O) groups is 1. The summed E-state index contributed by atoms with van der Waals surface area (Å²) in [5.41, 5.74) is 2.79. The number of nitrogens with zero attached hydrogens (tertiary/aromatic N) is 5. The third-order valence-corrected chi connectivity index (χ3v) is 5.07. The van der Waals surface area contributed by atoms with Crippen LogP contribution in [-0.4, -0.2) is 39.2 Å². The maximum atomic E-state index is 12.6. The standard InChI is InChI=1S/C21H22N6O/c1-15-3-2-10-23-20(15)24-21(28)17-8-13-27(14-9-17)19-5-4-18(25-26-19)16-6-11-22-12-7-16/h2-7,10-12,17H,8-9,13-14H2,1H3,(H,23,24,28). The average molecular weight is 374 g/mol. The van der Waals surface area contributed by atoms with E-state index in [1.165, 1.54) is 0 Å². The lowest BCUT2D eigenvalue weighted by Gasteiger charge is -2.31. The zero-order valence-electron chi connectivity index (χ0n) is 15.7. The monoisotopic (exact) mass is 374 g/mol. The van der Waals surface area contributed by atoms with Crippen molar-refractivity contribution in [3.63, 3.8) is 0 Å². The molecule has 0 aromatic carbocycles. The van der Waals surface area contributed by atoms with Crippen LogP contribution in [0.4, 0.5) is 11.6 Å². The Balaban J connectivity index is 1.35. The molecular formula is C21H22N6O. The number of anilines is 2. The number of aromatic nitrogens is 4. The fraction of sp³-hybridized carbons (Fsp3) is 0.286. The molecule has 1 fully saturated rings. The summed E-state index contributed by atoms with van der Waals surface area (Å²) in [6.45, 7) is 3.50. The van der Waals surface area contributed by atoms with Crippen LogP contribution in [0.2, 0.25) is 0 Å². The SMILES string of the molecule is Cc1cccnc1NC(=O)C1CCN(c2ccc(-c3ccncc3)nn2)CC1. The van der Waals surface area contributed by atoms with E-state index in [0.717, 1.165) is 48.6 Å². The molecule has 4 rings (SSSR count). The van der Waals surface area contributed by atoms with E-state index < -0.39 is 0 Å². The fourth-order valence-electron chi connectivity index (χ4n) is 3.38. The minimum Gasteiger partial charge on any atom is -0.355 e. The van der Waals surface area contributed by atoms with Crippen LogP contribution in [0.3, 0.4) is 0 Å². The van der Waals surface area contributed by atoms with Crippen LogP contribution >= 0.6 is 0 Å². The highest BCUT2D eigenvalue weighted by atomic mass is 16.1. The van der Waals surface area contributed by atoms with Gasteiger partial charge in [0.25, 0.3) is 0 Å². The number of pyridine rings is 2. The summed E-state index contributed by atoms with van der Waals surface area (Å²) in [7, 11) is 0. The predicted molar refractivity (Wildman–Crippen MR) is 108 cm³/mol. The Labute approximate surface area is 163 Å². The van der Waals surface area contributed by atoms with E-state index in [4.69, 9.17) is 0 Å². The summed E-state index contributed by atoms with van der Waals surface area (Å²) < 4.78 is 0. The minimum atomic E-state index is -0.0123. The Hall–Kier alpha value is -3.35. The quantitative estimate of drug-likeness (QED) is 0.755. The van der Waals surface area contributed by atoms with Crippen LogP contribution in [0.15, 0.2) is 55.0 Å². The number of aryl methyl sites for hydroxylation is 1. The number of amides is 1. The summed E-state index contributed by atoms with van der Waals surface area (Å²) >= 11 is 0. The topological polar surface area (TPSA) is 83.9 Å². The van der Waals surface area contributed by atoms with Gasteiger partial charge in [0.05, 0.1) is 5.69 Å². The van der Waals surface area contributed by atoms with Crippen molar-refractivity contribution in [3.8, 4) is 11.3 Å². The van der Waals surface area contributed by atoms with Crippen LogP contribution < -0.4 is 10.2 Å². The zero-order valence-corrected chi connectivity index (χ0v) is 15.7. The number of piperidine rings is 1. The Bertz CT molecular complexity index is 937. The molecule has 0 unspecified atom stereocenters.